The number of ether oxygens (including phenoxy) is 2. The second-order valence-corrected chi connectivity index (χ2v) is 7.44. The molecule has 10 heteroatoms. The number of rotatable bonds is 8. The number of hydrogen-bond donors (Lipinski definition) is 2. The lowest BCUT2D eigenvalue weighted by atomic mass is 10.2. The number of urea groups is 1. The van der Waals surface area contributed by atoms with Crippen molar-refractivity contribution in [2.24, 2.45) is 10.2 Å². The molecule has 174 valence electrons. The Morgan fingerprint density at radius 2 is 1.97 bits per heavy atom. The Bertz CT molecular complexity index is 1090. The number of likely N-dealkylation sites (N-methyl/N-ethyl adjacent to an activating group) is 1. The minimum absolute atomic E-state index is 0.149. The maximum atomic E-state index is 13.8. The van der Waals surface area contributed by atoms with Crippen LogP contribution in [0, 0.1) is 11.6 Å². The zero-order valence-electron chi connectivity index (χ0n) is 18.5. The summed E-state index contributed by atoms with van der Waals surface area (Å²) in [6.45, 7) is 2.97. The van der Waals surface area contributed by atoms with Gasteiger partial charge in [0.25, 0.3) is 0 Å². The molecule has 0 saturated carbocycles. The van der Waals surface area contributed by atoms with E-state index in [0.29, 0.717) is 42.0 Å². The molecule has 0 radical (unpaired) electrons. The van der Waals surface area contributed by atoms with Crippen molar-refractivity contribution in [2.45, 2.75) is 13.0 Å². The van der Waals surface area contributed by atoms with Crippen LogP contribution < -0.4 is 15.4 Å². The molecule has 0 saturated heterocycles. The smallest absolute Gasteiger partial charge is 0.323 e. The van der Waals surface area contributed by atoms with Crippen molar-refractivity contribution in [1.82, 2.24) is 4.90 Å². The molecular formula is C23H25F2N5O3. The Morgan fingerprint density at radius 3 is 2.70 bits per heavy atom. The summed E-state index contributed by atoms with van der Waals surface area (Å²) < 4.78 is 38.1. The summed E-state index contributed by atoms with van der Waals surface area (Å²) in [7, 11) is 3.87. The van der Waals surface area contributed by atoms with Crippen molar-refractivity contribution in [3.63, 3.8) is 0 Å². The molecule has 0 aromatic heterocycles. The van der Waals surface area contributed by atoms with E-state index < -0.39 is 17.7 Å². The quantitative estimate of drug-likeness (QED) is 0.516. The Balaban J connectivity index is 1.77. The summed E-state index contributed by atoms with van der Waals surface area (Å²) in [4.78, 5) is 14.3. The number of anilines is 2. The number of allylic oxidation sites excluding steroid dienone is 2. The molecule has 2 amide bonds. The van der Waals surface area contributed by atoms with Crippen molar-refractivity contribution in [3.8, 4) is 5.75 Å². The largest absolute Gasteiger partial charge is 0.492 e. The summed E-state index contributed by atoms with van der Waals surface area (Å²) >= 11 is 0. The first-order valence-electron chi connectivity index (χ1n) is 10.2. The maximum absolute atomic E-state index is 13.8. The summed E-state index contributed by atoms with van der Waals surface area (Å²) in [5, 5.41) is 13.5. The van der Waals surface area contributed by atoms with Gasteiger partial charge in [-0.2, -0.15) is 5.11 Å². The molecule has 33 heavy (non-hydrogen) atoms. The van der Waals surface area contributed by atoms with Crippen molar-refractivity contribution in [3.05, 3.63) is 72.1 Å². The zero-order chi connectivity index (χ0) is 23.8. The first-order chi connectivity index (χ1) is 15.8. The van der Waals surface area contributed by atoms with E-state index in [1.54, 1.807) is 36.6 Å². The van der Waals surface area contributed by atoms with Crippen molar-refractivity contribution in [1.29, 1.82) is 0 Å². The van der Waals surface area contributed by atoms with E-state index in [2.05, 4.69) is 20.9 Å². The van der Waals surface area contributed by atoms with Gasteiger partial charge in [-0.1, -0.05) is 0 Å². The van der Waals surface area contributed by atoms with Crippen LogP contribution in [-0.4, -0.2) is 44.3 Å². The van der Waals surface area contributed by atoms with Crippen molar-refractivity contribution in [2.75, 3.05) is 37.9 Å². The SMILES string of the molecule is CC1OC=CC=C1N=Nc1cc(NC(=O)Nc2ccc(F)cc2F)ccc1OCCN(C)C. The van der Waals surface area contributed by atoms with Crippen LogP contribution in [0.25, 0.3) is 0 Å². The fourth-order valence-electron chi connectivity index (χ4n) is 2.74. The molecule has 2 N–H and O–H groups in total. The Labute approximate surface area is 190 Å². The van der Waals surface area contributed by atoms with E-state index in [1.807, 2.05) is 25.9 Å². The fraction of sp³-hybridized carbons (Fsp3) is 0.261. The van der Waals surface area contributed by atoms with E-state index >= 15 is 0 Å². The lowest BCUT2D eigenvalue weighted by Gasteiger charge is -2.15. The summed E-state index contributed by atoms with van der Waals surface area (Å²) in [5.74, 6) is -1.13. The Kier molecular flexibility index (Phi) is 8.09. The minimum Gasteiger partial charge on any atom is -0.492 e. The second-order valence-electron chi connectivity index (χ2n) is 7.44. The number of benzene rings is 2. The lowest BCUT2D eigenvalue weighted by Crippen LogP contribution is -2.20. The van der Waals surface area contributed by atoms with E-state index in [4.69, 9.17) is 9.47 Å². The number of carbonyl (C=O) groups excluding carboxylic acids is 1. The van der Waals surface area contributed by atoms with Gasteiger partial charge in [0.05, 0.1) is 11.9 Å². The van der Waals surface area contributed by atoms with Crippen LogP contribution in [0.3, 0.4) is 0 Å². The third kappa shape index (κ3) is 7.11. The molecular weight excluding hydrogens is 432 g/mol. The summed E-state index contributed by atoms with van der Waals surface area (Å²) in [6, 6.07) is 7.05. The molecule has 2 aromatic carbocycles. The van der Waals surface area contributed by atoms with Gasteiger partial charge in [0.2, 0.25) is 0 Å². The summed E-state index contributed by atoms with van der Waals surface area (Å²) in [6.07, 6.45) is 4.83. The molecule has 0 aliphatic carbocycles. The predicted molar refractivity (Wildman–Crippen MR) is 122 cm³/mol. The molecule has 1 aliphatic heterocycles. The topological polar surface area (TPSA) is 87.5 Å². The average molecular weight is 457 g/mol. The van der Waals surface area contributed by atoms with Crippen LogP contribution >= 0.6 is 0 Å². The standard InChI is InChI=1S/C23H25F2N5O3/c1-15-19(5-4-11-32-15)28-29-21-14-17(7-9-22(21)33-12-10-30(2)3)26-23(31)27-20-8-6-16(24)13-18(20)25/h4-9,11,13-15H,10,12H2,1-3H3,(H2,26,27,31). The molecule has 1 aliphatic rings. The van der Waals surface area contributed by atoms with Crippen LogP contribution in [0.5, 0.6) is 5.75 Å². The van der Waals surface area contributed by atoms with Gasteiger partial charge in [0.15, 0.2) is 0 Å². The minimum atomic E-state index is -0.879. The highest BCUT2D eigenvalue weighted by molar-refractivity contribution is 6.00. The highest BCUT2D eigenvalue weighted by atomic mass is 19.1. The van der Waals surface area contributed by atoms with Gasteiger partial charge in [-0.3, -0.25) is 0 Å². The molecule has 0 bridgehead atoms. The maximum Gasteiger partial charge on any atom is 0.323 e. The van der Waals surface area contributed by atoms with Crippen LogP contribution in [-0.2, 0) is 4.74 Å². The number of amides is 2. The lowest BCUT2D eigenvalue weighted by molar-refractivity contribution is 0.187. The molecule has 2 aromatic rings. The number of hydrogen-bond acceptors (Lipinski definition) is 6. The zero-order valence-corrected chi connectivity index (χ0v) is 18.5. The highest BCUT2D eigenvalue weighted by Gasteiger charge is 2.13. The number of halogens is 2. The van der Waals surface area contributed by atoms with Gasteiger partial charge < -0.3 is 25.0 Å². The van der Waals surface area contributed by atoms with Gasteiger partial charge in [0.1, 0.15) is 41.5 Å². The van der Waals surface area contributed by atoms with Crippen molar-refractivity contribution >= 4 is 23.1 Å². The van der Waals surface area contributed by atoms with E-state index in [0.717, 1.165) is 12.1 Å². The third-order valence-corrected chi connectivity index (χ3v) is 4.51. The van der Waals surface area contributed by atoms with Gasteiger partial charge in [-0.05, 0) is 63.5 Å². The highest BCUT2D eigenvalue weighted by Crippen LogP contribution is 2.32. The van der Waals surface area contributed by atoms with Crippen LogP contribution in [0.4, 0.5) is 30.6 Å². The number of nitrogens with zero attached hydrogens (tertiary/aromatic N) is 3. The molecule has 1 atom stereocenters. The number of azo groups is 1. The molecule has 1 heterocycles. The first kappa shape index (κ1) is 23.9. The molecule has 3 rings (SSSR count). The van der Waals surface area contributed by atoms with Crippen molar-refractivity contribution < 1.29 is 23.0 Å². The number of carbonyl (C=O) groups is 1. The van der Waals surface area contributed by atoms with E-state index in [-0.39, 0.29) is 11.8 Å². The molecule has 8 nitrogen and oxygen atoms in total. The normalized spacial score (nSPS) is 15.3. The second kappa shape index (κ2) is 11.2. The molecule has 1 unspecified atom stereocenters. The molecule has 0 fully saturated rings. The van der Waals surface area contributed by atoms with Gasteiger partial charge in [-0.15, -0.1) is 5.11 Å². The number of nitrogens with one attached hydrogen (secondary N) is 2. The van der Waals surface area contributed by atoms with Gasteiger partial charge >= 0.3 is 6.03 Å². The monoisotopic (exact) mass is 457 g/mol. The van der Waals surface area contributed by atoms with Gasteiger partial charge in [-0.25, -0.2) is 13.6 Å². The fourth-order valence-corrected chi connectivity index (χ4v) is 2.74. The van der Waals surface area contributed by atoms with Crippen LogP contribution in [0.2, 0.25) is 0 Å². The van der Waals surface area contributed by atoms with Crippen LogP contribution in [0.1, 0.15) is 6.92 Å². The first-order valence-corrected chi connectivity index (χ1v) is 10.2. The van der Waals surface area contributed by atoms with E-state index in [1.165, 1.54) is 0 Å². The van der Waals surface area contributed by atoms with Gasteiger partial charge in [0, 0.05) is 18.3 Å². The van der Waals surface area contributed by atoms with Crippen LogP contribution in [0.15, 0.2) is 70.7 Å². The third-order valence-electron chi connectivity index (χ3n) is 4.51. The Morgan fingerprint density at radius 1 is 1.15 bits per heavy atom. The molecule has 0 spiro atoms. The predicted octanol–water partition coefficient (Wildman–Crippen LogP) is 5.45. The Hall–Kier alpha value is -3.79. The van der Waals surface area contributed by atoms with E-state index in [9.17, 15) is 13.6 Å². The average Bonchev–Trinajstić information content (AvgIpc) is 2.76. The summed E-state index contributed by atoms with van der Waals surface area (Å²) in [5.41, 5.74) is 1.25.